The van der Waals surface area contributed by atoms with Crippen LogP contribution in [0.1, 0.15) is 72.3 Å². The van der Waals surface area contributed by atoms with Gasteiger partial charge in [-0.3, -0.25) is 10.1 Å². The first-order chi connectivity index (χ1) is 29.2. The number of aliphatic hydroxyl groups is 2. The number of hydrogen-bond acceptors (Lipinski definition) is 12. The number of fused-ring (bicyclic) bond motifs is 2. The number of likely N-dealkylation sites (N-methyl/N-ethyl adjacent to an activating group) is 1. The predicted octanol–water partition coefficient (Wildman–Crippen LogP) is 7.22. The second-order valence-electron chi connectivity index (χ2n) is 15.1. The van der Waals surface area contributed by atoms with E-state index in [1.54, 1.807) is 79.7 Å². The molecule has 318 valence electrons. The van der Waals surface area contributed by atoms with Crippen molar-refractivity contribution < 1.29 is 48.3 Å². The number of nitriles is 1. The van der Waals surface area contributed by atoms with Gasteiger partial charge in [0.15, 0.2) is 0 Å². The normalized spacial score (nSPS) is 23.1. The molecule has 3 aliphatic rings. The van der Waals surface area contributed by atoms with Crippen molar-refractivity contribution in [3.05, 3.63) is 102 Å². The summed E-state index contributed by atoms with van der Waals surface area (Å²) in [6.07, 6.45) is 7.65. The lowest BCUT2D eigenvalue weighted by Gasteiger charge is -2.59. The molecule has 14 heteroatoms. The smallest absolute Gasteiger partial charge is 0.417 e. The van der Waals surface area contributed by atoms with E-state index in [9.17, 15) is 25.1 Å². The number of allylic oxidation sites excluding steroid dienone is 1. The van der Waals surface area contributed by atoms with Crippen molar-refractivity contribution in [1.29, 1.82) is 5.26 Å². The van der Waals surface area contributed by atoms with E-state index in [2.05, 4.69) is 29.2 Å². The maximum atomic E-state index is 14.4. The van der Waals surface area contributed by atoms with Gasteiger partial charge in [-0.25, -0.2) is 4.79 Å². The summed E-state index contributed by atoms with van der Waals surface area (Å²) in [6, 6.07) is 18.1. The minimum Gasteiger partial charge on any atom is -0.497 e. The van der Waals surface area contributed by atoms with Crippen LogP contribution in [0, 0.1) is 29.1 Å². The average molecular weight is 823 g/mol. The minimum absolute atomic E-state index is 0.0153. The lowest BCUT2D eigenvalue weighted by atomic mass is 9.55. The number of benzene rings is 3. The number of unbranched alkanes of at least 4 members (excludes halogenated alkanes) is 2. The third-order valence-corrected chi connectivity index (χ3v) is 11.8. The van der Waals surface area contributed by atoms with Crippen LogP contribution in [0.5, 0.6) is 23.0 Å². The first-order valence-corrected chi connectivity index (χ1v) is 20.3. The number of nitrogens with zero attached hydrogens (tertiary/aromatic N) is 3. The topological polar surface area (TPSA) is 181 Å². The maximum Gasteiger partial charge on any atom is 0.417 e. The summed E-state index contributed by atoms with van der Waals surface area (Å²) < 4.78 is 30.8. The molecule has 0 saturated heterocycles. The second-order valence-corrected chi connectivity index (χ2v) is 15.1. The average Bonchev–Trinajstić information content (AvgIpc) is 3.27. The Morgan fingerprint density at radius 3 is 2.40 bits per heavy atom. The molecule has 1 fully saturated rings. The van der Waals surface area contributed by atoms with Crippen molar-refractivity contribution in [2.24, 2.45) is 22.9 Å². The predicted molar refractivity (Wildman–Crippen MR) is 224 cm³/mol. The molecular formula is C46H54N4O10. The zero-order valence-corrected chi connectivity index (χ0v) is 34.6. The van der Waals surface area contributed by atoms with Crippen molar-refractivity contribution in [3.8, 4) is 29.1 Å². The molecule has 14 nitrogen and oxygen atoms in total. The summed E-state index contributed by atoms with van der Waals surface area (Å²) in [6.45, 7) is 4.18. The van der Waals surface area contributed by atoms with Crippen LogP contribution in [-0.4, -0.2) is 92.9 Å². The third-order valence-electron chi connectivity index (χ3n) is 11.8. The van der Waals surface area contributed by atoms with E-state index >= 15 is 0 Å². The Morgan fingerprint density at radius 1 is 1.00 bits per heavy atom. The summed E-state index contributed by atoms with van der Waals surface area (Å²) in [5.41, 5.74) is 3.51. The number of oxime groups is 1. The fourth-order valence-corrected chi connectivity index (χ4v) is 9.08. The summed E-state index contributed by atoms with van der Waals surface area (Å²) >= 11 is 0. The van der Waals surface area contributed by atoms with Gasteiger partial charge in [0.1, 0.15) is 36.1 Å². The van der Waals surface area contributed by atoms with Gasteiger partial charge in [-0.1, -0.05) is 30.1 Å². The minimum atomic E-state index is -1.46. The molecule has 0 bridgehead atoms. The van der Waals surface area contributed by atoms with E-state index in [-0.39, 0.29) is 55.7 Å². The molecule has 2 amide bonds. The van der Waals surface area contributed by atoms with E-state index in [4.69, 9.17) is 28.5 Å². The van der Waals surface area contributed by atoms with E-state index in [1.807, 2.05) is 6.07 Å². The number of methoxy groups -OCH3 is 2. The van der Waals surface area contributed by atoms with Gasteiger partial charge in [-0.15, -0.1) is 6.58 Å². The molecule has 1 aliphatic heterocycles. The number of carbonyl (C=O) groups excluding carboxylic acids is 2. The van der Waals surface area contributed by atoms with Gasteiger partial charge in [0, 0.05) is 49.8 Å². The summed E-state index contributed by atoms with van der Waals surface area (Å²) in [4.78, 5) is 35.0. The van der Waals surface area contributed by atoms with Crippen molar-refractivity contribution in [3.63, 3.8) is 0 Å². The quantitative estimate of drug-likeness (QED) is 0.0670. The third kappa shape index (κ3) is 8.99. The van der Waals surface area contributed by atoms with Crippen LogP contribution in [0.25, 0.3) is 0 Å². The Balaban J connectivity index is 1.50. The highest BCUT2D eigenvalue weighted by molar-refractivity contribution is 6.03. The molecule has 0 unspecified atom stereocenters. The van der Waals surface area contributed by atoms with Crippen LogP contribution < -0.4 is 24.3 Å². The summed E-state index contributed by atoms with van der Waals surface area (Å²) in [7, 11) is 6.24. The van der Waals surface area contributed by atoms with Gasteiger partial charge >= 0.3 is 6.09 Å². The first-order valence-electron chi connectivity index (χ1n) is 20.3. The van der Waals surface area contributed by atoms with Crippen LogP contribution in [0.15, 0.2) is 90.1 Å². The molecule has 3 aromatic rings. The van der Waals surface area contributed by atoms with Crippen LogP contribution in [-0.2, 0) is 9.57 Å². The highest BCUT2D eigenvalue weighted by atomic mass is 16.7. The SMILES string of the molecule is C=CCO[C@@]12Oc3ccc(OC(=O)Nc4ccc(OC)cc4OC)cc3[C@H]3[C@H](CCCCO)[C@@H](CCCCO)C=C(C(=NOC)C[C@@H]1N(C)C(=O)c1ccc(C#N)cc1)[C@H]32. The fraction of sp³-hybridized carbons (Fsp3) is 0.435. The zero-order chi connectivity index (χ0) is 42.8. The maximum absolute atomic E-state index is 14.4. The van der Waals surface area contributed by atoms with Crippen molar-refractivity contribution in [1.82, 2.24) is 4.90 Å². The van der Waals surface area contributed by atoms with E-state index < -0.39 is 23.8 Å². The monoisotopic (exact) mass is 822 g/mol. The largest absolute Gasteiger partial charge is 0.497 e. The van der Waals surface area contributed by atoms with Crippen molar-refractivity contribution >= 4 is 23.4 Å². The number of rotatable bonds is 18. The highest BCUT2D eigenvalue weighted by Gasteiger charge is 2.65. The molecule has 0 radical (unpaired) electrons. The van der Waals surface area contributed by atoms with Crippen LogP contribution in [0.3, 0.4) is 0 Å². The number of amides is 2. The van der Waals surface area contributed by atoms with Gasteiger partial charge in [0.05, 0.1) is 49.8 Å². The number of nitrogens with one attached hydrogen (secondary N) is 1. The highest BCUT2D eigenvalue weighted by Crippen LogP contribution is 2.62. The summed E-state index contributed by atoms with van der Waals surface area (Å²) in [5, 5.41) is 36.4. The first kappa shape index (κ1) is 43.7. The molecule has 1 heterocycles. The molecule has 60 heavy (non-hydrogen) atoms. The Bertz CT molecular complexity index is 2110. The Kier molecular flexibility index (Phi) is 14.5. The molecule has 0 aromatic heterocycles. The van der Waals surface area contributed by atoms with E-state index in [0.29, 0.717) is 52.6 Å². The van der Waals surface area contributed by atoms with E-state index in [1.165, 1.54) is 14.2 Å². The standard InChI is InChI=1S/C46H54N4O10/c1-6-23-58-46-41(50(2)44(53)30-15-13-29(28-47)14-16-30)27-38(49-57-5)35-24-31(11-7-9-21-51)34(12-8-10-22-52)42(43(35)46)36-25-33(18-20-39(36)60-46)59-45(54)48-37-19-17-32(55-3)26-40(37)56-4/h6,13-20,24-26,31,34,41-43,51-52H,1,7-12,21-23,27H2,2-5H3,(H,48,54)/t31-,34+,41-,42+,43+,46+/m0/s1. The lowest BCUT2D eigenvalue weighted by molar-refractivity contribution is -0.252. The van der Waals surface area contributed by atoms with Crippen LogP contribution >= 0.6 is 0 Å². The summed E-state index contributed by atoms with van der Waals surface area (Å²) in [5.74, 6) is -0.926. The molecule has 0 spiro atoms. The Hall–Kier alpha value is -5.88. The number of hydrogen-bond donors (Lipinski definition) is 3. The second kappa shape index (κ2) is 19.9. The Labute approximate surface area is 351 Å². The van der Waals surface area contributed by atoms with Crippen molar-refractivity contribution in [2.45, 2.75) is 62.7 Å². The number of aliphatic hydroxyl groups excluding tert-OH is 2. The molecule has 6 rings (SSSR count). The van der Waals surface area contributed by atoms with Crippen LogP contribution in [0.4, 0.5) is 10.5 Å². The Morgan fingerprint density at radius 2 is 1.73 bits per heavy atom. The van der Waals surface area contributed by atoms with Gasteiger partial charge in [-0.05, 0) is 97.7 Å². The molecule has 1 saturated carbocycles. The molecular weight excluding hydrogens is 769 g/mol. The number of ether oxygens (including phenoxy) is 5. The molecule has 3 aromatic carbocycles. The van der Waals surface area contributed by atoms with Gasteiger partial charge in [0.25, 0.3) is 5.91 Å². The number of anilines is 1. The molecule has 3 N–H and O–H groups in total. The van der Waals surface area contributed by atoms with Crippen molar-refractivity contribution in [2.75, 3.05) is 53.5 Å². The van der Waals surface area contributed by atoms with Crippen LogP contribution in [0.2, 0.25) is 0 Å². The molecule has 2 aliphatic carbocycles. The van der Waals surface area contributed by atoms with Gasteiger partial charge in [0.2, 0.25) is 5.79 Å². The lowest BCUT2D eigenvalue weighted by Crippen LogP contribution is -2.69. The molecule has 6 atom stereocenters. The zero-order valence-electron chi connectivity index (χ0n) is 34.6. The fourth-order valence-electron chi connectivity index (χ4n) is 9.08. The number of carbonyl (C=O) groups is 2. The van der Waals surface area contributed by atoms with Gasteiger partial charge < -0.3 is 43.6 Å². The van der Waals surface area contributed by atoms with E-state index in [0.717, 1.165) is 36.8 Å². The van der Waals surface area contributed by atoms with Gasteiger partial charge in [-0.2, -0.15) is 5.26 Å².